The molecule has 0 amide bonds. The van der Waals surface area contributed by atoms with Gasteiger partial charge in [0.05, 0.1) is 13.3 Å². The molecule has 1 rings (SSSR count). The van der Waals surface area contributed by atoms with Crippen LogP contribution in [0.1, 0.15) is 0 Å². The summed E-state index contributed by atoms with van der Waals surface area (Å²) in [7, 11) is -4.67. The van der Waals surface area contributed by atoms with Crippen LogP contribution in [0.2, 0.25) is 0 Å². The van der Waals surface area contributed by atoms with Gasteiger partial charge < -0.3 is 15.2 Å². The Balaban J connectivity index is 0.000000437. The van der Waals surface area contributed by atoms with Crippen molar-refractivity contribution < 1.29 is 27.0 Å². The van der Waals surface area contributed by atoms with Gasteiger partial charge in [0.25, 0.3) is 0 Å². The van der Waals surface area contributed by atoms with Crippen molar-refractivity contribution in [1.82, 2.24) is 0 Å². The normalized spacial score (nSPS) is 10.3. The third kappa shape index (κ3) is 14.8. The van der Waals surface area contributed by atoms with Gasteiger partial charge in [0.15, 0.2) is 0 Å². The van der Waals surface area contributed by atoms with Crippen LogP contribution in [-0.4, -0.2) is 37.5 Å². The van der Waals surface area contributed by atoms with Gasteiger partial charge in [0.1, 0.15) is 12.4 Å². The van der Waals surface area contributed by atoms with Crippen molar-refractivity contribution in [2.24, 2.45) is 5.73 Å². The van der Waals surface area contributed by atoms with Crippen LogP contribution in [0.5, 0.6) is 5.75 Å². The fraction of sp³-hybridized carbons (Fsp3) is 0.333. The lowest BCUT2D eigenvalue weighted by molar-refractivity contribution is 0.105. The SMILES string of the molecule is NCOCCOc1ccccc1.O=S(=O)(O)O. The van der Waals surface area contributed by atoms with E-state index in [1.807, 2.05) is 30.3 Å². The Morgan fingerprint density at radius 2 is 1.65 bits per heavy atom. The second-order valence-corrected chi connectivity index (χ2v) is 3.58. The maximum atomic E-state index is 8.74. The van der Waals surface area contributed by atoms with Gasteiger partial charge in [-0.2, -0.15) is 8.42 Å². The number of rotatable bonds is 5. The lowest BCUT2D eigenvalue weighted by Gasteiger charge is -2.04. The lowest BCUT2D eigenvalue weighted by Crippen LogP contribution is -2.11. The van der Waals surface area contributed by atoms with Gasteiger partial charge in [-0.25, -0.2) is 0 Å². The van der Waals surface area contributed by atoms with E-state index >= 15 is 0 Å². The zero-order valence-electron chi connectivity index (χ0n) is 9.02. The van der Waals surface area contributed by atoms with E-state index < -0.39 is 10.4 Å². The second kappa shape index (κ2) is 8.90. The summed E-state index contributed by atoms with van der Waals surface area (Å²) >= 11 is 0. The summed E-state index contributed by atoms with van der Waals surface area (Å²) in [6, 6.07) is 9.62. The topological polar surface area (TPSA) is 119 Å². The maximum absolute atomic E-state index is 8.74. The second-order valence-electron chi connectivity index (χ2n) is 2.68. The highest BCUT2D eigenvalue weighted by Gasteiger charge is 1.89. The van der Waals surface area contributed by atoms with Crippen LogP contribution in [0.25, 0.3) is 0 Å². The summed E-state index contributed by atoms with van der Waals surface area (Å²) in [6.07, 6.45) is 0. The van der Waals surface area contributed by atoms with Crippen LogP contribution in [-0.2, 0) is 15.1 Å². The number of ether oxygens (including phenoxy) is 2. The Labute approximate surface area is 99.7 Å². The first-order chi connectivity index (χ1) is 7.93. The molecule has 1 aromatic rings. The Hall–Kier alpha value is -1.19. The smallest absolute Gasteiger partial charge is 0.394 e. The molecule has 0 aliphatic heterocycles. The van der Waals surface area contributed by atoms with Crippen LogP contribution in [0.15, 0.2) is 30.3 Å². The molecule has 0 aliphatic rings. The monoisotopic (exact) mass is 265 g/mol. The third-order valence-electron chi connectivity index (χ3n) is 1.36. The summed E-state index contributed by atoms with van der Waals surface area (Å²) in [5, 5.41) is 0. The van der Waals surface area contributed by atoms with Crippen molar-refractivity contribution in [1.29, 1.82) is 0 Å². The minimum Gasteiger partial charge on any atom is -0.491 e. The lowest BCUT2D eigenvalue weighted by atomic mass is 10.3. The highest BCUT2D eigenvalue weighted by atomic mass is 32.3. The number of benzene rings is 1. The Kier molecular flexibility index (Phi) is 8.28. The molecule has 0 aliphatic carbocycles. The van der Waals surface area contributed by atoms with E-state index in [1.54, 1.807) is 0 Å². The van der Waals surface area contributed by atoms with Crippen LogP contribution in [0, 0.1) is 0 Å². The van der Waals surface area contributed by atoms with Gasteiger partial charge in [-0.15, -0.1) is 0 Å². The van der Waals surface area contributed by atoms with Crippen molar-refractivity contribution >= 4 is 10.4 Å². The van der Waals surface area contributed by atoms with Crippen molar-refractivity contribution in [3.63, 3.8) is 0 Å². The fourth-order valence-electron chi connectivity index (χ4n) is 0.818. The first-order valence-corrected chi connectivity index (χ1v) is 5.98. The summed E-state index contributed by atoms with van der Waals surface area (Å²) in [4.78, 5) is 0. The quantitative estimate of drug-likeness (QED) is 0.399. The van der Waals surface area contributed by atoms with E-state index in [1.165, 1.54) is 0 Å². The number of hydrogen-bond donors (Lipinski definition) is 3. The molecule has 0 bridgehead atoms. The molecule has 0 radical (unpaired) electrons. The van der Waals surface area contributed by atoms with E-state index in [9.17, 15) is 0 Å². The predicted octanol–water partition coefficient (Wildman–Crippen LogP) is 0.345. The molecule has 0 saturated carbocycles. The third-order valence-corrected chi connectivity index (χ3v) is 1.36. The van der Waals surface area contributed by atoms with Crippen LogP contribution in [0.3, 0.4) is 0 Å². The van der Waals surface area contributed by atoms with Crippen molar-refractivity contribution in [3.8, 4) is 5.75 Å². The molecule has 0 aromatic heterocycles. The average Bonchev–Trinajstić information content (AvgIpc) is 2.24. The van der Waals surface area contributed by atoms with Gasteiger partial charge >= 0.3 is 10.4 Å². The number of hydrogen-bond acceptors (Lipinski definition) is 5. The van der Waals surface area contributed by atoms with E-state index in [4.69, 9.17) is 32.7 Å². The average molecular weight is 265 g/mol. The molecule has 0 saturated heterocycles. The van der Waals surface area contributed by atoms with E-state index in [0.717, 1.165) is 5.75 Å². The summed E-state index contributed by atoms with van der Waals surface area (Å²) in [5.41, 5.74) is 5.13. The zero-order chi connectivity index (χ0) is 13.1. The van der Waals surface area contributed by atoms with E-state index in [0.29, 0.717) is 13.2 Å². The summed E-state index contributed by atoms with van der Waals surface area (Å²) < 4.78 is 41.8. The van der Waals surface area contributed by atoms with E-state index in [-0.39, 0.29) is 6.73 Å². The summed E-state index contributed by atoms with van der Waals surface area (Å²) in [6.45, 7) is 1.32. The van der Waals surface area contributed by atoms with Crippen molar-refractivity contribution in [3.05, 3.63) is 30.3 Å². The van der Waals surface area contributed by atoms with Crippen LogP contribution < -0.4 is 10.5 Å². The summed E-state index contributed by atoms with van der Waals surface area (Å²) in [5.74, 6) is 0.859. The molecule has 0 spiro atoms. The Morgan fingerprint density at radius 3 is 2.12 bits per heavy atom. The molecule has 0 unspecified atom stereocenters. The molecule has 4 N–H and O–H groups in total. The standard InChI is InChI=1S/C9H13NO2.H2O4S/c10-8-11-6-7-12-9-4-2-1-3-5-9;1-5(2,3)4/h1-5H,6-8,10H2;(H2,1,2,3,4). The molecule has 8 heteroatoms. The van der Waals surface area contributed by atoms with Crippen molar-refractivity contribution in [2.75, 3.05) is 19.9 Å². The van der Waals surface area contributed by atoms with Crippen LogP contribution >= 0.6 is 0 Å². The van der Waals surface area contributed by atoms with Crippen LogP contribution in [0.4, 0.5) is 0 Å². The first-order valence-electron chi connectivity index (χ1n) is 4.59. The predicted molar refractivity (Wildman–Crippen MR) is 61.1 cm³/mol. The molecular weight excluding hydrogens is 250 g/mol. The van der Waals surface area contributed by atoms with Gasteiger partial charge in [0, 0.05) is 0 Å². The molecule has 0 fully saturated rings. The largest absolute Gasteiger partial charge is 0.491 e. The van der Waals surface area contributed by atoms with Crippen molar-refractivity contribution in [2.45, 2.75) is 0 Å². The number of para-hydroxylation sites is 1. The molecular formula is C9H15NO6S. The molecule has 1 aromatic carbocycles. The molecule has 17 heavy (non-hydrogen) atoms. The van der Waals surface area contributed by atoms with Gasteiger partial charge in [-0.1, -0.05) is 18.2 Å². The minimum absolute atomic E-state index is 0.248. The minimum atomic E-state index is -4.67. The highest BCUT2D eigenvalue weighted by molar-refractivity contribution is 7.79. The maximum Gasteiger partial charge on any atom is 0.394 e. The Morgan fingerprint density at radius 1 is 1.12 bits per heavy atom. The number of nitrogens with two attached hydrogens (primary N) is 1. The fourth-order valence-corrected chi connectivity index (χ4v) is 0.818. The van der Waals surface area contributed by atoms with Gasteiger partial charge in [-0.05, 0) is 12.1 Å². The van der Waals surface area contributed by atoms with E-state index in [2.05, 4.69) is 0 Å². The molecule has 0 heterocycles. The van der Waals surface area contributed by atoms with Gasteiger partial charge in [0.2, 0.25) is 0 Å². The molecule has 98 valence electrons. The first kappa shape index (κ1) is 15.8. The Bertz CT molecular complexity index is 372. The molecule has 7 nitrogen and oxygen atoms in total. The zero-order valence-corrected chi connectivity index (χ0v) is 9.84. The highest BCUT2D eigenvalue weighted by Crippen LogP contribution is 2.07. The van der Waals surface area contributed by atoms with Gasteiger partial charge in [-0.3, -0.25) is 9.11 Å². The molecule has 0 atom stereocenters.